The number of nitrogens with one attached hydrogen (secondary N) is 1. The fourth-order valence-corrected chi connectivity index (χ4v) is 5.36. The molecule has 3 aromatic rings. The van der Waals surface area contributed by atoms with Gasteiger partial charge < -0.3 is 16.8 Å². The van der Waals surface area contributed by atoms with E-state index < -0.39 is 17.9 Å². The molecule has 3 amide bonds. The van der Waals surface area contributed by atoms with Gasteiger partial charge in [-0.15, -0.1) is 0 Å². The van der Waals surface area contributed by atoms with Crippen molar-refractivity contribution >= 4 is 52.2 Å². The molecule has 8 nitrogen and oxygen atoms in total. The van der Waals surface area contributed by atoms with Crippen molar-refractivity contribution in [2.45, 2.75) is 51.6 Å². The van der Waals surface area contributed by atoms with E-state index in [0.717, 1.165) is 48.3 Å². The molecule has 5 N–H and O–H groups in total. The van der Waals surface area contributed by atoms with Crippen LogP contribution in [0.2, 0.25) is 5.02 Å². The number of hydrogen-bond acceptors (Lipinski definition) is 6. The van der Waals surface area contributed by atoms with E-state index >= 15 is 0 Å². The Kier molecular flexibility index (Phi) is 7.61. The second-order valence-electron chi connectivity index (χ2n) is 9.05. The van der Waals surface area contributed by atoms with Crippen LogP contribution < -0.4 is 21.7 Å². The van der Waals surface area contributed by atoms with Gasteiger partial charge in [0.25, 0.3) is 11.8 Å². The summed E-state index contributed by atoms with van der Waals surface area (Å²) in [6, 6.07) is 11.5. The molecule has 1 heterocycles. The van der Waals surface area contributed by atoms with Gasteiger partial charge in [-0.05, 0) is 73.1 Å². The van der Waals surface area contributed by atoms with E-state index in [1.54, 1.807) is 24.3 Å². The molecule has 1 fully saturated rings. The van der Waals surface area contributed by atoms with Crippen molar-refractivity contribution < 1.29 is 14.4 Å². The van der Waals surface area contributed by atoms with E-state index in [1.807, 2.05) is 32.0 Å². The highest BCUT2D eigenvalue weighted by atomic mass is 35.5. The largest absolute Gasteiger partial charge is 0.395 e. The minimum absolute atomic E-state index is 0.0392. The number of carbonyl (C=O) groups excluding carboxylic acids is 3. The third-order valence-corrected chi connectivity index (χ3v) is 7.50. The van der Waals surface area contributed by atoms with Gasteiger partial charge >= 0.3 is 0 Å². The first kappa shape index (κ1) is 25.7. The van der Waals surface area contributed by atoms with Crippen molar-refractivity contribution in [3.05, 3.63) is 74.7 Å². The van der Waals surface area contributed by atoms with Gasteiger partial charge in [-0.25, -0.2) is 0 Å². The van der Waals surface area contributed by atoms with Crippen LogP contribution in [0.1, 0.15) is 68.6 Å². The number of benzene rings is 2. The molecule has 1 aliphatic carbocycles. The monoisotopic (exact) mass is 525 g/mol. The summed E-state index contributed by atoms with van der Waals surface area (Å²) in [6.45, 7) is 3.78. The number of nitrogens with two attached hydrogens (primary N) is 2. The highest BCUT2D eigenvalue weighted by Gasteiger charge is 2.37. The highest BCUT2D eigenvalue weighted by Crippen LogP contribution is 2.36. The van der Waals surface area contributed by atoms with Gasteiger partial charge in [-0.3, -0.25) is 19.3 Å². The van der Waals surface area contributed by atoms with Crippen molar-refractivity contribution in [3.8, 4) is 0 Å². The summed E-state index contributed by atoms with van der Waals surface area (Å²) in [7, 11) is 0. The molecule has 1 aromatic heterocycles. The first-order valence-corrected chi connectivity index (χ1v) is 12.8. The normalized spacial score (nSPS) is 14.4. The third kappa shape index (κ3) is 5.22. The van der Waals surface area contributed by atoms with Gasteiger partial charge in [-0.1, -0.05) is 48.7 Å². The molecule has 0 radical (unpaired) electrons. The van der Waals surface area contributed by atoms with E-state index in [1.165, 1.54) is 4.90 Å². The number of halogens is 1. The lowest BCUT2D eigenvalue weighted by Crippen LogP contribution is -2.46. The van der Waals surface area contributed by atoms with E-state index in [9.17, 15) is 14.4 Å². The van der Waals surface area contributed by atoms with E-state index in [2.05, 4.69) is 9.69 Å². The maximum Gasteiger partial charge on any atom is 0.273 e. The highest BCUT2D eigenvalue weighted by molar-refractivity contribution is 7.09. The molecule has 0 saturated heterocycles. The van der Waals surface area contributed by atoms with E-state index in [-0.39, 0.29) is 28.2 Å². The van der Waals surface area contributed by atoms with Gasteiger partial charge in [0.05, 0.1) is 5.69 Å². The number of hydrogen-bond donors (Lipinski definition) is 3. The van der Waals surface area contributed by atoms with Crippen LogP contribution in [-0.4, -0.2) is 28.1 Å². The predicted molar refractivity (Wildman–Crippen MR) is 142 cm³/mol. The number of carbonyl (C=O) groups is 3. The molecule has 0 aliphatic heterocycles. The number of nitrogen functional groups attached to an aromatic ring is 1. The standard InChI is InChI=1S/C26H28ClN5O3S/c1-14-7-8-15(2)19(13-14)32(26(35)23-20(28)21(24(29)33)31-36-23)22(16-9-11-17(27)12-10-16)25(34)30-18-5-3-4-6-18/h7-13,18,22H,3-6,28H2,1-2H3,(H2,29,33)(H,30,34)/t22-/m0/s1. The first-order chi connectivity index (χ1) is 17.2. The Morgan fingerprint density at radius 1 is 1.11 bits per heavy atom. The van der Waals surface area contributed by atoms with Crippen LogP contribution in [0.5, 0.6) is 0 Å². The van der Waals surface area contributed by atoms with Crippen LogP contribution in [0.3, 0.4) is 0 Å². The van der Waals surface area contributed by atoms with Crippen molar-refractivity contribution in [1.82, 2.24) is 9.69 Å². The minimum Gasteiger partial charge on any atom is -0.395 e. The SMILES string of the molecule is Cc1ccc(C)c(N(C(=O)c2snc(C(N)=O)c2N)[C@H](C(=O)NC2CCCC2)c2ccc(Cl)cc2)c1. The average Bonchev–Trinajstić information content (AvgIpc) is 3.49. The maximum absolute atomic E-state index is 14.1. The van der Waals surface area contributed by atoms with E-state index in [0.29, 0.717) is 16.3 Å². The summed E-state index contributed by atoms with van der Waals surface area (Å²) >= 11 is 6.93. The molecular formula is C26H28ClN5O3S. The summed E-state index contributed by atoms with van der Waals surface area (Å²) < 4.78 is 4.00. The molecule has 36 heavy (non-hydrogen) atoms. The summed E-state index contributed by atoms with van der Waals surface area (Å²) in [5.74, 6) is -1.68. The quantitative estimate of drug-likeness (QED) is 0.416. The zero-order valence-electron chi connectivity index (χ0n) is 20.1. The van der Waals surface area contributed by atoms with Crippen molar-refractivity contribution in [2.75, 3.05) is 10.6 Å². The molecule has 0 spiro atoms. The van der Waals surface area contributed by atoms with Crippen molar-refractivity contribution in [1.29, 1.82) is 0 Å². The fraction of sp³-hybridized carbons (Fsp3) is 0.308. The summed E-state index contributed by atoms with van der Waals surface area (Å²) in [6.07, 6.45) is 3.87. The number of anilines is 2. The van der Waals surface area contributed by atoms with Crippen LogP contribution in [-0.2, 0) is 4.79 Å². The molecule has 10 heteroatoms. The van der Waals surface area contributed by atoms with Crippen molar-refractivity contribution in [3.63, 3.8) is 0 Å². The van der Waals surface area contributed by atoms with Gasteiger partial charge in [0.15, 0.2) is 5.69 Å². The first-order valence-electron chi connectivity index (χ1n) is 11.7. The topological polar surface area (TPSA) is 131 Å². The number of aryl methyl sites for hydroxylation is 2. The van der Waals surface area contributed by atoms with Crippen LogP contribution in [0.4, 0.5) is 11.4 Å². The van der Waals surface area contributed by atoms with Crippen LogP contribution in [0, 0.1) is 13.8 Å². The average molecular weight is 526 g/mol. The maximum atomic E-state index is 14.1. The summed E-state index contributed by atoms with van der Waals surface area (Å²) in [4.78, 5) is 41.3. The Hall–Kier alpha value is -3.43. The summed E-state index contributed by atoms with van der Waals surface area (Å²) in [5.41, 5.74) is 14.1. The molecule has 4 rings (SSSR count). The molecule has 188 valence electrons. The second kappa shape index (κ2) is 10.7. The number of primary amides is 1. The lowest BCUT2D eigenvalue weighted by atomic mass is 10.00. The summed E-state index contributed by atoms with van der Waals surface area (Å²) in [5, 5.41) is 3.65. The minimum atomic E-state index is -1.02. The lowest BCUT2D eigenvalue weighted by Gasteiger charge is -2.33. The van der Waals surface area contributed by atoms with Crippen molar-refractivity contribution in [2.24, 2.45) is 5.73 Å². The molecule has 2 aromatic carbocycles. The lowest BCUT2D eigenvalue weighted by molar-refractivity contribution is -0.123. The Morgan fingerprint density at radius 3 is 2.39 bits per heavy atom. The third-order valence-electron chi connectivity index (χ3n) is 6.39. The zero-order valence-corrected chi connectivity index (χ0v) is 21.7. The smallest absolute Gasteiger partial charge is 0.273 e. The van der Waals surface area contributed by atoms with Crippen LogP contribution in [0.25, 0.3) is 0 Å². The van der Waals surface area contributed by atoms with Gasteiger partial charge in [-0.2, -0.15) is 4.37 Å². The second-order valence-corrected chi connectivity index (χ2v) is 10.3. The van der Waals surface area contributed by atoms with Gasteiger partial charge in [0, 0.05) is 16.8 Å². The molecule has 0 bridgehead atoms. The molecule has 0 unspecified atom stereocenters. The number of amides is 3. The van der Waals surface area contributed by atoms with Gasteiger partial charge in [0.1, 0.15) is 10.9 Å². The number of aromatic nitrogens is 1. The van der Waals surface area contributed by atoms with Crippen LogP contribution in [0.15, 0.2) is 42.5 Å². The Morgan fingerprint density at radius 2 is 1.78 bits per heavy atom. The molecular weight excluding hydrogens is 498 g/mol. The number of rotatable bonds is 7. The Balaban J connectivity index is 1.89. The molecule has 1 aliphatic rings. The van der Waals surface area contributed by atoms with Crippen LogP contribution >= 0.6 is 23.1 Å². The van der Waals surface area contributed by atoms with E-state index in [4.69, 9.17) is 23.1 Å². The molecule has 1 atom stereocenters. The number of nitrogens with zero attached hydrogens (tertiary/aromatic N) is 2. The predicted octanol–water partition coefficient (Wildman–Crippen LogP) is 4.54. The van der Waals surface area contributed by atoms with Gasteiger partial charge in [0.2, 0.25) is 5.91 Å². The Labute approximate surface area is 218 Å². The molecule has 1 saturated carbocycles. The zero-order chi connectivity index (χ0) is 26.0. The fourth-order valence-electron chi connectivity index (χ4n) is 4.50. The Bertz CT molecular complexity index is 1300.